The molecule has 2 amide bonds. The monoisotopic (exact) mass is 255 g/mol. The third-order valence-electron chi connectivity index (χ3n) is 3.27. The SMILES string of the molecule is C[C@@]1(CN(C=O)C(=O)c2ccccc2)C=CC=CC1. The van der Waals surface area contributed by atoms with E-state index in [-0.39, 0.29) is 11.3 Å². The highest BCUT2D eigenvalue weighted by Gasteiger charge is 2.27. The molecule has 1 aromatic rings. The molecule has 0 radical (unpaired) electrons. The van der Waals surface area contributed by atoms with Gasteiger partial charge in [-0.2, -0.15) is 0 Å². The third-order valence-corrected chi connectivity index (χ3v) is 3.27. The van der Waals surface area contributed by atoms with Crippen LogP contribution in [0.15, 0.2) is 54.6 Å². The molecule has 0 aromatic heterocycles. The van der Waals surface area contributed by atoms with Crippen molar-refractivity contribution in [2.24, 2.45) is 5.41 Å². The van der Waals surface area contributed by atoms with Crippen LogP contribution in [0.1, 0.15) is 23.7 Å². The number of carbonyl (C=O) groups is 2. The number of hydrogen-bond acceptors (Lipinski definition) is 2. The van der Waals surface area contributed by atoms with Crippen molar-refractivity contribution < 1.29 is 9.59 Å². The van der Waals surface area contributed by atoms with Crippen LogP contribution in [-0.2, 0) is 4.79 Å². The Labute approximate surface area is 113 Å². The molecule has 98 valence electrons. The fourth-order valence-electron chi connectivity index (χ4n) is 2.18. The summed E-state index contributed by atoms with van der Waals surface area (Å²) in [5.74, 6) is -0.250. The second kappa shape index (κ2) is 5.65. The van der Waals surface area contributed by atoms with Gasteiger partial charge >= 0.3 is 0 Å². The summed E-state index contributed by atoms with van der Waals surface area (Å²) in [4.78, 5) is 24.7. The molecular weight excluding hydrogens is 238 g/mol. The van der Waals surface area contributed by atoms with E-state index in [4.69, 9.17) is 0 Å². The molecule has 0 spiro atoms. The smallest absolute Gasteiger partial charge is 0.260 e. The molecule has 0 N–H and O–H groups in total. The average Bonchev–Trinajstić information content (AvgIpc) is 2.46. The van der Waals surface area contributed by atoms with Crippen LogP contribution in [0.2, 0.25) is 0 Å². The first-order valence-corrected chi connectivity index (χ1v) is 6.30. The molecule has 0 aliphatic heterocycles. The van der Waals surface area contributed by atoms with Crippen molar-refractivity contribution in [3.05, 3.63) is 60.2 Å². The molecule has 0 saturated carbocycles. The van der Waals surface area contributed by atoms with Gasteiger partial charge in [0.1, 0.15) is 0 Å². The number of benzene rings is 1. The number of nitrogens with zero attached hydrogens (tertiary/aromatic N) is 1. The molecule has 1 aromatic carbocycles. The largest absolute Gasteiger partial charge is 0.280 e. The van der Waals surface area contributed by atoms with E-state index in [1.165, 1.54) is 4.90 Å². The molecule has 19 heavy (non-hydrogen) atoms. The Morgan fingerprint density at radius 2 is 2.05 bits per heavy atom. The second-order valence-corrected chi connectivity index (χ2v) is 5.05. The molecule has 0 bridgehead atoms. The van der Waals surface area contributed by atoms with Crippen LogP contribution in [0.5, 0.6) is 0 Å². The van der Waals surface area contributed by atoms with Gasteiger partial charge in [0.25, 0.3) is 5.91 Å². The molecule has 0 fully saturated rings. The first kappa shape index (κ1) is 13.3. The number of hydrogen-bond donors (Lipinski definition) is 0. The van der Waals surface area contributed by atoms with Gasteiger partial charge in [-0.3, -0.25) is 14.5 Å². The molecule has 3 nitrogen and oxygen atoms in total. The lowest BCUT2D eigenvalue weighted by atomic mass is 9.83. The van der Waals surface area contributed by atoms with Gasteiger partial charge in [0.2, 0.25) is 6.41 Å². The maximum absolute atomic E-state index is 12.2. The van der Waals surface area contributed by atoms with Crippen LogP contribution in [-0.4, -0.2) is 23.8 Å². The Balaban J connectivity index is 2.13. The van der Waals surface area contributed by atoms with Crippen molar-refractivity contribution >= 4 is 12.3 Å². The molecule has 0 unspecified atom stereocenters. The lowest BCUT2D eigenvalue weighted by molar-refractivity contribution is -0.116. The minimum absolute atomic E-state index is 0.180. The fraction of sp³-hybridized carbons (Fsp3) is 0.250. The van der Waals surface area contributed by atoms with Gasteiger partial charge in [-0.25, -0.2) is 0 Å². The summed E-state index contributed by atoms with van der Waals surface area (Å²) in [5, 5.41) is 0. The zero-order valence-electron chi connectivity index (χ0n) is 11.0. The van der Waals surface area contributed by atoms with Crippen molar-refractivity contribution in [3.8, 4) is 0 Å². The summed E-state index contributed by atoms with van der Waals surface area (Å²) in [6.45, 7) is 2.44. The normalized spacial score (nSPS) is 21.1. The lowest BCUT2D eigenvalue weighted by Gasteiger charge is -2.30. The molecule has 3 heteroatoms. The zero-order chi connectivity index (χ0) is 13.7. The van der Waals surface area contributed by atoms with Crippen LogP contribution >= 0.6 is 0 Å². The van der Waals surface area contributed by atoms with Crippen LogP contribution in [0.4, 0.5) is 0 Å². The van der Waals surface area contributed by atoms with Crippen molar-refractivity contribution in [2.45, 2.75) is 13.3 Å². The standard InChI is InChI=1S/C16H17NO2/c1-16(10-6-3-7-11-16)12-17(13-18)15(19)14-8-4-2-5-9-14/h2-10,13H,11-12H2,1H3/t16-/m1/s1. The predicted octanol–water partition coefficient (Wildman–Crippen LogP) is 2.81. The predicted molar refractivity (Wildman–Crippen MR) is 74.5 cm³/mol. The van der Waals surface area contributed by atoms with E-state index in [1.807, 2.05) is 31.2 Å². The highest BCUT2D eigenvalue weighted by Crippen LogP contribution is 2.28. The van der Waals surface area contributed by atoms with Gasteiger partial charge in [0, 0.05) is 17.5 Å². The summed E-state index contributed by atoms with van der Waals surface area (Å²) < 4.78 is 0. The summed E-state index contributed by atoms with van der Waals surface area (Å²) in [6, 6.07) is 8.87. The van der Waals surface area contributed by atoms with Crippen molar-refractivity contribution in [3.63, 3.8) is 0 Å². The quantitative estimate of drug-likeness (QED) is 0.776. The minimum Gasteiger partial charge on any atom is -0.280 e. The summed E-state index contributed by atoms with van der Waals surface area (Å²) in [6.07, 6.45) is 9.48. The van der Waals surface area contributed by atoms with Crippen molar-refractivity contribution in [1.29, 1.82) is 0 Å². The van der Waals surface area contributed by atoms with Crippen LogP contribution in [0.3, 0.4) is 0 Å². The highest BCUT2D eigenvalue weighted by molar-refractivity contribution is 5.99. The summed E-state index contributed by atoms with van der Waals surface area (Å²) >= 11 is 0. The van der Waals surface area contributed by atoms with Crippen LogP contribution < -0.4 is 0 Å². The Morgan fingerprint density at radius 1 is 1.32 bits per heavy atom. The Kier molecular flexibility index (Phi) is 3.95. The minimum atomic E-state index is -0.250. The zero-order valence-corrected chi connectivity index (χ0v) is 11.0. The number of imide groups is 1. The van der Waals surface area contributed by atoms with Gasteiger partial charge in [-0.1, -0.05) is 49.4 Å². The highest BCUT2D eigenvalue weighted by atomic mass is 16.2. The number of carbonyl (C=O) groups excluding carboxylic acids is 2. The molecule has 1 aliphatic rings. The van der Waals surface area contributed by atoms with Gasteiger partial charge in [-0.05, 0) is 18.6 Å². The van der Waals surface area contributed by atoms with E-state index in [9.17, 15) is 9.59 Å². The third kappa shape index (κ3) is 3.19. The molecular formula is C16H17NO2. The first-order valence-electron chi connectivity index (χ1n) is 6.30. The molecule has 0 saturated heterocycles. The van der Waals surface area contributed by atoms with Gasteiger partial charge in [0.05, 0.1) is 0 Å². The van der Waals surface area contributed by atoms with E-state index in [0.29, 0.717) is 18.5 Å². The van der Waals surface area contributed by atoms with E-state index in [1.54, 1.807) is 24.3 Å². The van der Waals surface area contributed by atoms with Crippen molar-refractivity contribution in [1.82, 2.24) is 4.90 Å². The molecule has 1 atom stereocenters. The van der Waals surface area contributed by atoms with Gasteiger partial charge < -0.3 is 0 Å². The van der Waals surface area contributed by atoms with E-state index >= 15 is 0 Å². The second-order valence-electron chi connectivity index (χ2n) is 5.05. The van der Waals surface area contributed by atoms with Gasteiger partial charge in [-0.15, -0.1) is 0 Å². The number of amides is 2. The average molecular weight is 255 g/mol. The lowest BCUT2D eigenvalue weighted by Crippen LogP contribution is -2.38. The maximum Gasteiger partial charge on any atom is 0.260 e. The summed E-state index contributed by atoms with van der Waals surface area (Å²) in [7, 11) is 0. The Bertz CT molecular complexity index is 519. The van der Waals surface area contributed by atoms with E-state index in [2.05, 4.69) is 6.08 Å². The first-order chi connectivity index (χ1) is 9.14. The Morgan fingerprint density at radius 3 is 2.63 bits per heavy atom. The van der Waals surface area contributed by atoms with E-state index in [0.717, 1.165) is 6.42 Å². The Hall–Kier alpha value is -2.16. The van der Waals surface area contributed by atoms with Gasteiger partial charge in [0.15, 0.2) is 0 Å². The molecule has 2 rings (SSSR count). The van der Waals surface area contributed by atoms with E-state index < -0.39 is 0 Å². The topological polar surface area (TPSA) is 37.4 Å². The fourth-order valence-corrected chi connectivity index (χ4v) is 2.18. The summed E-state index contributed by atoms with van der Waals surface area (Å²) in [5.41, 5.74) is 0.355. The molecule has 1 aliphatic carbocycles. The van der Waals surface area contributed by atoms with Crippen molar-refractivity contribution in [2.75, 3.05) is 6.54 Å². The van der Waals surface area contributed by atoms with Crippen LogP contribution in [0.25, 0.3) is 0 Å². The maximum atomic E-state index is 12.2. The molecule has 0 heterocycles. The number of rotatable bonds is 4. The number of allylic oxidation sites excluding steroid dienone is 3. The van der Waals surface area contributed by atoms with Crippen LogP contribution in [0, 0.1) is 5.41 Å².